The van der Waals surface area contributed by atoms with Gasteiger partial charge in [0, 0.05) is 0 Å². The van der Waals surface area contributed by atoms with E-state index in [1.807, 2.05) is 47.0 Å². The molecule has 0 radical (unpaired) electrons. The normalized spacial score (nSPS) is 10.8. The SMILES string of the molecule is N#Cc1ccccc1Cn1c(-c2nonc2N)nc2ccccc21. The molecule has 0 aliphatic heterocycles. The summed E-state index contributed by atoms with van der Waals surface area (Å²) in [5, 5.41) is 16.8. The van der Waals surface area contributed by atoms with Gasteiger partial charge in [0.1, 0.15) is 0 Å². The van der Waals surface area contributed by atoms with Gasteiger partial charge in [0.05, 0.1) is 29.2 Å². The van der Waals surface area contributed by atoms with Crippen LogP contribution in [-0.2, 0) is 6.54 Å². The van der Waals surface area contributed by atoms with Crippen molar-refractivity contribution in [3.05, 3.63) is 59.7 Å². The molecule has 2 N–H and O–H groups in total. The van der Waals surface area contributed by atoms with Crippen LogP contribution < -0.4 is 5.73 Å². The quantitative estimate of drug-likeness (QED) is 0.622. The molecule has 0 bridgehead atoms. The van der Waals surface area contributed by atoms with Crippen LogP contribution in [-0.4, -0.2) is 19.9 Å². The van der Waals surface area contributed by atoms with Crippen LogP contribution in [0.5, 0.6) is 0 Å². The molecule has 4 aromatic rings. The molecular formula is C17H12N6O. The van der Waals surface area contributed by atoms with E-state index in [1.165, 1.54) is 0 Å². The van der Waals surface area contributed by atoms with Crippen LogP contribution in [0, 0.1) is 11.3 Å². The average Bonchev–Trinajstić information content (AvgIpc) is 3.19. The number of hydrogen-bond acceptors (Lipinski definition) is 6. The summed E-state index contributed by atoms with van der Waals surface area (Å²) in [5.41, 5.74) is 9.46. The highest BCUT2D eigenvalue weighted by Gasteiger charge is 2.19. The van der Waals surface area contributed by atoms with Gasteiger partial charge >= 0.3 is 0 Å². The largest absolute Gasteiger partial charge is 0.379 e. The van der Waals surface area contributed by atoms with Gasteiger partial charge in [-0.15, -0.1) is 0 Å². The minimum absolute atomic E-state index is 0.181. The van der Waals surface area contributed by atoms with Crippen LogP contribution in [0.4, 0.5) is 5.82 Å². The lowest BCUT2D eigenvalue weighted by Gasteiger charge is -2.09. The number of nitrogens with two attached hydrogens (primary N) is 1. The smallest absolute Gasteiger partial charge is 0.199 e. The van der Waals surface area contributed by atoms with Gasteiger partial charge in [-0.1, -0.05) is 30.3 Å². The Kier molecular flexibility index (Phi) is 3.21. The number of rotatable bonds is 3. The molecule has 2 aromatic heterocycles. The molecule has 0 fully saturated rings. The molecule has 0 amide bonds. The van der Waals surface area contributed by atoms with E-state index < -0.39 is 0 Å². The first-order chi connectivity index (χ1) is 11.8. The predicted octanol–water partition coefficient (Wildman–Crippen LogP) is 2.59. The zero-order valence-corrected chi connectivity index (χ0v) is 12.5. The molecule has 0 spiro atoms. The third kappa shape index (κ3) is 2.18. The summed E-state index contributed by atoms with van der Waals surface area (Å²) in [4.78, 5) is 4.61. The zero-order valence-electron chi connectivity index (χ0n) is 12.5. The summed E-state index contributed by atoms with van der Waals surface area (Å²) < 4.78 is 6.67. The molecule has 7 nitrogen and oxygen atoms in total. The van der Waals surface area contributed by atoms with Crippen LogP contribution >= 0.6 is 0 Å². The Bertz CT molecular complexity index is 1070. The van der Waals surface area contributed by atoms with Crippen LogP contribution in [0.25, 0.3) is 22.6 Å². The van der Waals surface area contributed by atoms with Crippen molar-refractivity contribution in [1.82, 2.24) is 19.9 Å². The maximum atomic E-state index is 9.33. The Hall–Kier alpha value is -3.66. The van der Waals surface area contributed by atoms with Gasteiger partial charge in [-0.25, -0.2) is 9.61 Å². The van der Waals surface area contributed by atoms with Crippen molar-refractivity contribution in [1.29, 1.82) is 5.26 Å². The van der Waals surface area contributed by atoms with Crippen molar-refractivity contribution in [3.8, 4) is 17.6 Å². The molecule has 0 aliphatic rings. The molecule has 0 saturated carbocycles. The molecule has 0 saturated heterocycles. The molecule has 116 valence electrons. The van der Waals surface area contributed by atoms with Crippen molar-refractivity contribution in [3.63, 3.8) is 0 Å². The molecule has 0 aliphatic carbocycles. The second-order valence-electron chi connectivity index (χ2n) is 5.28. The molecule has 7 heteroatoms. The minimum atomic E-state index is 0.181. The van der Waals surface area contributed by atoms with Gasteiger partial charge in [-0.3, -0.25) is 0 Å². The number of nitrogens with zero attached hydrogens (tertiary/aromatic N) is 5. The first-order valence-corrected chi connectivity index (χ1v) is 7.29. The average molecular weight is 316 g/mol. The van der Waals surface area contributed by atoms with Crippen molar-refractivity contribution in [2.24, 2.45) is 0 Å². The molecule has 2 aromatic carbocycles. The number of anilines is 1. The summed E-state index contributed by atoms with van der Waals surface area (Å²) in [6.45, 7) is 0.464. The Balaban J connectivity index is 1.94. The van der Waals surface area contributed by atoms with Crippen molar-refractivity contribution in [2.75, 3.05) is 5.73 Å². The van der Waals surface area contributed by atoms with Gasteiger partial charge < -0.3 is 10.3 Å². The number of aromatic nitrogens is 4. The first-order valence-electron chi connectivity index (χ1n) is 7.29. The fourth-order valence-corrected chi connectivity index (χ4v) is 2.70. The van der Waals surface area contributed by atoms with E-state index in [0.717, 1.165) is 16.6 Å². The highest BCUT2D eigenvalue weighted by Crippen LogP contribution is 2.27. The summed E-state index contributed by atoms with van der Waals surface area (Å²) in [5.74, 6) is 0.739. The van der Waals surface area contributed by atoms with E-state index in [0.29, 0.717) is 23.6 Å². The highest BCUT2D eigenvalue weighted by molar-refractivity contribution is 5.81. The lowest BCUT2D eigenvalue weighted by atomic mass is 10.1. The minimum Gasteiger partial charge on any atom is -0.379 e. The van der Waals surface area contributed by atoms with Gasteiger partial charge in [0.25, 0.3) is 0 Å². The second-order valence-corrected chi connectivity index (χ2v) is 5.28. The summed E-state index contributed by atoms with van der Waals surface area (Å²) in [7, 11) is 0. The molecule has 2 heterocycles. The first kappa shape index (κ1) is 14.0. The molecule has 4 rings (SSSR count). The molecule has 0 unspecified atom stereocenters. The van der Waals surface area contributed by atoms with Gasteiger partial charge in [0.15, 0.2) is 17.3 Å². The number of imidazole rings is 1. The maximum Gasteiger partial charge on any atom is 0.199 e. The van der Waals surface area contributed by atoms with Crippen LogP contribution in [0.2, 0.25) is 0 Å². The summed E-state index contributed by atoms with van der Waals surface area (Å²) in [6.07, 6.45) is 0. The third-order valence-corrected chi connectivity index (χ3v) is 3.85. The van der Waals surface area contributed by atoms with Crippen LogP contribution in [0.3, 0.4) is 0 Å². The van der Waals surface area contributed by atoms with E-state index in [9.17, 15) is 5.26 Å². The van der Waals surface area contributed by atoms with Crippen molar-refractivity contribution < 1.29 is 4.63 Å². The fraction of sp³-hybridized carbons (Fsp3) is 0.0588. The fourth-order valence-electron chi connectivity index (χ4n) is 2.70. The zero-order chi connectivity index (χ0) is 16.5. The van der Waals surface area contributed by atoms with E-state index in [4.69, 9.17) is 10.4 Å². The van der Waals surface area contributed by atoms with Crippen molar-refractivity contribution >= 4 is 16.9 Å². The standard InChI is InChI=1S/C17H12N6O/c18-9-11-5-1-2-6-12(11)10-23-14-8-4-3-7-13(14)20-17(23)15-16(19)22-24-21-15/h1-8H,10H2,(H2,19,22). The van der Waals surface area contributed by atoms with Crippen molar-refractivity contribution in [2.45, 2.75) is 6.54 Å². The number of nitrogen functional groups attached to an aromatic ring is 1. The van der Waals surface area contributed by atoms with Crippen LogP contribution in [0.15, 0.2) is 53.2 Å². The van der Waals surface area contributed by atoms with Gasteiger partial charge in [-0.2, -0.15) is 5.26 Å². The number of hydrogen-bond donors (Lipinski definition) is 1. The van der Waals surface area contributed by atoms with Gasteiger partial charge in [-0.05, 0) is 34.1 Å². The highest BCUT2D eigenvalue weighted by atomic mass is 16.6. The Labute approximate surface area is 136 Å². The number of benzene rings is 2. The molecule has 24 heavy (non-hydrogen) atoms. The maximum absolute atomic E-state index is 9.33. The lowest BCUT2D eigenvalue weighted by molar-refractivity contribution is 0.310. The second kappa shape index (κ2) is 5.52. The lowest BCUT2D eigenvalue weighted by Crippen LogP contribution is -2.05. The number of fused-ring (bicyclic) bond motifs is 1. The summed E-state index contributed by atoms with van der Waals surface area (Å²) in [6, 6.07) is 17.4. The third-order valence-electron chi connectivity index (χ3n) is 3.85. The van der Waals surface area contributed by atoms with Gasteiger partial charge in [0.2, 0.25) is 0 Å². The Morgan fingerprint density at radius 2 is 1.88 bits per heavy atom. The van der Waals surface area contributed by atoms with E-state index in [-0.39, 0.29) is 5.82 Å². The van der Waals surface area contributed by atoms with E-state index in [1.54, 1.807) is 6.07 Å². The predicted molar refractivity (Wildman–Crippen MR) is 87.7 cm³/mol. The molecule has 0 atom stereocenters. The van der Waals surface area contributed by atoms with E-state index >= 15 is 0 Å². The Morgan fingerprint density at radius 3 is 2.67 bits per heavy atom. The summed E-state index contributed by atoms with van der Waals surface area (Å²) >= 11 is 0. The molecular weight excluding hydrogens is 304 g/mol. The number of para-hydroxylation sites is 2. The van der Waals surface area contributed by atoms with Crippen LogP contribution in [0.1, 0.15) is 11.1 Å². The topological polar surface area (TPSA) is 107 Å². The monoisotopic (exact) mass is 316 g/mol. The number of nitriles is 1. The Morgan fingerprint density at radius 1 is 1.08 bits per heavy atom. The van der Waals surface area contributed by atoms with E-state index in [2.05, 4.69) is 21.4 Å².